The number of nitrogens with zero attached hydrogens (tertiary/aromatic N) is 2. The summed E-state index contributed by atoms with van der Waals surface area (Å²) in [7, 11) is 1.53. The number of ether oxygens (including phenoxy) is 1. The van der Waals surface area contributed by atoms with Gasteiger partial charge in [-0.05, 0) is 36.8 Å². The van der Waals surface area contributed by atoms with Crippen LogP contribution < -0.4 is 4.74 Å². The van der Waals surface area contributed by atoms with E-state index in [1.54, 1.807) is 12.1 Å². The van der Waals surface area contributed by atoms with Crippen LogP contribution in [0.5, 0.6) is 11.5 Å². The predicted octanol–water partition coefficient (Wildman–Crippen LogP) is 4.05. The highest BCUT2D eigenvalue weighted by molar-refractivity contribution is 5.66. The number of hydrogen-bond donors (Lipinski definition) is 1. The van der Waals surface area contributed by atoms with Gasteiger partial charge in [0.25, 0.3) is 0 Å². The van der Waals surface area contributed by atoms with Crippen molar-refractivity contribution >= 4 is 5.65 Å². The summed E-state index contributed by atoms with van der Waals surface area (Å²) >= 11 is 0. The standard InChI is InChI=1S/C15H14N2O2.C2H6/c1-10-3-6-15-16-12(9-17(15)8-10)11-4-5-13(18)14(7-11)19-2;1-2/h3-9,18H,1-2H3;1-2H3. The molecular weight excluding hydrogens is 264 g/mol. The maximum Gasteiger partial charge on any atom is 0.161 e. The predicted molar refractivity (Wildman–Crippen MR) is 84.9 cm³/mol. The quantitative estimate of drug-likeness (QED) is 0.772. The second kappa shape index (κ2) is 6.31. The van der Waals surface area contributed by atoms with Gasteiger partial charge < -0.3 is 14.2 Å². The number of aromatic nitrogens is 2. The number of rotatable bonds is 2. The fraction of sp³-hybridized carbons (Fsp3) is 0.235. The number of aryl methyl sites for hydroxylation is 1. The summed E-state index contributed by atoms with van der Waals surface area (Å²) in [5.74, 6) is 0.580. The van der Waals surface area contributed by atoms with Gasteiger partial charge in [-0.2, -0.15) is 0 Å². The Balaban J connectivity index is 0.000000774. The number of pyridine rings is 1. The van der Waals surface area contributed by atoms with E-state index in [4.69, 9.17) is 4.74 Å². The van der Waals surface area contributed by atoms with Crippen LogP contribution in [0.25, 0.3) is 16.9 Å². The molecule has 0 fully saturated rings. The van der Waals surface area contributed by atoms with Crippen LogP contribution in [-0.4, -0.2) is 21.6 Å². The monoisotopic (exact) mass is 284 g/mol. The highest BCUT2D eigenvalue weighted by Crippen LogP contribution is 2.31. The zero-order valence-corrected chi connectivity index (χ0v) is 12.8. The van der Waals surface area contributed by atoms with Crippen molar-refractivity contribution in [3.63, 3.8) is 0 Å². The van der Waals surface area contributed by atoms with Crippen molar-refractivity contribution in [3.8, 4) is 22.8 Å². The zero-order valence-electron chi connectivity index (χ0n) is 12.8. The number of aromatic hydroxyl groups is 1. The van der Waals surface area contributed by atoms with Crippen molar-refractivity contribution in [3.05, 3.63) is 48.3 Å². The second-order valence-electron chi connectivity index (χ2n) is 4.48. The van der Waals surface area contributed by atoms with E-state index >= 15 is 0 Å². The van der Waals surface area contributed by atoms with Gasteiger partial charge in [0.1, 0.15) is 5.65 Å². The van der Waals surface area contributed by atoms with Crippen LogP contribution in [0.4, 0.5) is 0 Å². The molecule has 0 spiro atoms. The molecule has 3 rings (SSSR count). The first-order chi connectivity index (χ1) is 10.2. The van der Waals surface area contributed by atoms with E-state index < -0.39 is 0 Å². The molecule has 0 unspecified atom stereocenters. The number of hydrogen-bond acceptors (Lipinski definition) is 3. The van der Waals surface area contributed by atoms with Crippen molar-refractivity contribution in [2.45, 2.75) is 20.8 Å². The molecule has 0 aliphatic rings. The van der Waals surface area contributed by atoms with Crippen molar-refractivity contribution in [1.82, 2.24) is 9.38 Å². The van der Waals surface area contributed by atoms with E-state index in [-0.39, 0.29) is 5.75 Å². The lowest BCUT2D eigenvalue weighted by Gasteiger charge is -2.04. The Labute approximate surface area is 124 Å². The highest BCUT2D eigenvalue weighted by Gasteiger charge is 2.08. The van der Waals surface area contributed by atoms with E-state index in [1.165, 1.54) is 12.7 Å². The minimum atomic E-state index is 0.130. The van der Waals surface area contributed by atoms with Gasteiger partial charge in [-0.1, -0.05) is 19.9 Å². The lowest BCUT2D eigenvalue weighted by molar-refractivity contribution is 0.373. The van der Waals surface area contributed by atoms with Gasteiger partial charge in [0.05, 0.1) is 12.8 Å². The molecule has 0 saturated heterocycles. The summed E-state index contributed by atoms with van der Waals surface area (Å²) in [5, 5.41) is 9.61. The maximum atomic E-state index is 9.61. The minimum absolute atomic E-state index is 0.130. The molecule has 1 N–H and O–H groups in total. The molecule has 2 aromatic heterocycles. The summed E-state index contributed by atoms with van der Waals surface area (Å²) in [6.45, 7) is 6.04. The van der Waals surface area contributed by atoms with E-state index in [1.807, 2.05) is 55.8 Å². The Morgan fingerprint density at radius 1 is 1.10 bits per heavy atom. The molecule has 4 nitrogen and oxygen atoms in total. The molecule has 4 heteroatoms. The molecule has 0 saturated carbocycles. The fourth-order valence-corrected chi connectivity index (χ4v) is 2.08. The van der Waals surface area contributed by atoms with Crippen LogP contribution in [0.1, 0.15) is 19.4 Å². The summed E-state index contributed by atoms with van der Waals surface area (Å²) in [6.07, 6.45) is 4.00. The summed E-state index contributed by atoms with van der Waals surface area (Å²) < 4.78 is 7.11. The smallest absolute Gasteiger partial charge is 0.161 e. The number of phenolic OH excluding ortho intramolecular Hbond substituents is 1. The molecule has 0 aliphatic heterocycles. The highest BCUT2D eigenvalue weighted by atomic mass is 16.5. The molecule has 2 heterocycles. The normalized spacial score (nSPS) is 10.1. The van der Waals surface area contributed by atoms with Gasteiger partial charge in [0, 0.05) is 18.0 Å². The summed E-state index contributed by atoms with van der Waals surface area (Å²) in [5.41, 5.74) is 3.84. The van der Waals surface area contributed by atoms with Crippen molar-refractivity contribution in [1.29, 1.82) is 0 Å². The van der Waals surface area contributed by atoms with Crippen LogP contribution in [-0.2, 0) is 0 Å². The molecule has 110 valence electrons. The Bertz CT molecular complexity index is 748. The van der Waals surface area contributed by atoms with Crippen LogP contribution >= 0.6 is 0 Å². The van der Waals surface area contributed by atoms with Gasteiger partial charge in [0.2, 0.25) is 0 Å². The molecule has 3 aromatic rings. The molecule has 1 aromatic carbocycles. The number of methoxy groups -OCH3 is 1. The van der Waals surface area contributed by atoms with Gasteiger partial charge in [0.15, 0.2) is 11.5 Å². The third kappa shape index (κ3) is 2.99. The Morgan fingerprint density at radius 2 is 1.86 bits per heavy atom. The average Bonchev–Trinajstić information content (AvgIpc) is 2.92. The molecule has 0 radical (unpaired) electrons. The van der Waals surface area contributed by atoms with Crippen LogP contribution in [0.2, 0.25) is 0 Å². The van der Waals surface area contributed by atoms with Gasteiger partial charge in [-0.3, -0.25) is 0 Å². The number of imidazole rings is 1. The van der Waals surface area contributed by atoms with Crippen LogP contribution in [0.3, 0.4) is 0 Å². The summed E-state index contributed by atoms with van der Waals surface area (Å²) in [6, 6.07) is 9.24. The van der Waals surface area contributed by atoms with Crippen molar-refractivity contribution < 1.29 is 9.84 Å². The first kappa shape index (κ1) is 14.9. The van der Waals surface area contributed by atoms with E-state index in [9.17, 15) is 5.11 Å². The zero-order chi connectivity index (χ0) is 15.4. The SMILES string of the molecule is CC.COc1cc(-c2cn3cc(C)ccc3n2)ccc1O. The number of fused-ring (bicyclic) bond motifs is 1. The third-order valence-electron chi connectivity index (χ3n) is 3.07. The lowest BCUT2D eigenvalue weighted by atomic mass is 10.1. The van der Waals surface area contributed by atoms with Crippen molar-refractivity contribution in [2.75, 3.05) is 7.11 Å². The topological polar surface area (TPSA) is 46.8 Å². The van der Waals surface area contributed by atoms with Gasteiger partial charge in [-0.15, -0.1) is 0 Å². The minimum Gasteiger partial charge on any atom is -0.504 e. The van der Waals surface area contributed by atoms with Gasteiger partial charge in [-0.25, -0.2) is 4.98 Å². The number of benzene rings is 1. The maximum absolute atomic E-state index is 9.61. The first-order valence-electron chi connectivity index (χ1n) is 7.00. The van der Waals surface area contributed by atoms with E-state index in [0.29, 0.717) is 5.75 Å². The fourth-order valence-electron chi connectivity index (χ4n) is 2.08. The molecule has 0 amide bonds. The number of phenols is 1. The Kier molecular flexibility index (Phi) is 4.48. The molecule has 21 heavy (non-hydrogen) atoms. The summed E-state index contributed by atoms with van der Waals surface area (Å²) in [4.78, 5) is 4.55. The molecular formula is C17H20N2O2. The average molecular weight is 284 g/mol. The van der Waals surface area contributed by atoms with Crippen LogP contribution in [0, 0.1) is 6.92 Å². The van der Waals surface area contributed by atoms with E-state index in [2.05, 4.69) is 4.98 Å². The van der Waals surface area contributed by atoms with E-state index in [0.717, 1.165) is 16.9 Å². The molecule has 0 aliphatic carbocycles. The molecule has 0 bridgehead atoms. The Hall–Kier alpha value is -2.49. The Morgan fingerprint density at radius 3 is 2.57 bits per heavy atom. The van der Waals surface area contributed by atoms with Gasteiger partial charge >= 0.3 is 0 Å². The first-order valence-corrected chi connectivity index (χ1v) is 7.00. The van der Waals surface area contributed by atoms with Crippen LogP contribution in [0.15, 0.2) is 42.7 Å². The lowest BCUT2D eigenvalue weighted by Crippen LogP contribution is -1.85. The third-order valence-corrected chi connectivity index (χ3v) is 3.07. The second-order valence-corrected chi connectivity index (χ2v) is 4.48. The largest absolute Gasteiger partial charge is 0.504 e. The molecule has 0 atom stereocenters. The van der Waals surface area contributed by atoms with Crippen molar-refractivity contribution in [2.24, 2.45) is 0 Å².